The molecule has 0 aliphatic carbocycles. The number of benzene rings is 1. The van der Waals surface area contributed by atoms with E-state index in [1.165, 1.54) is 18.2 Å². The van der Waals surface area contributed by atoms with Crippen LogP contribution in [0.2, 0.25) is 0 Å². The molecular weight excluding hydrogens is 200 g/mol. The Balaban J connectivity index is 2.82. The number of rotatable bonds is 1. The lowest BCUT2D eigenvalue weighted by Gasteiger charge is -2.01. The molecule has 0 saturated heterocycles. The highest BCUT2D eigenvalue weighted by molar-refractivity contribution is 5.96. The Bertz CT molecular complexity index is 596. The number of phenols is 1. The second kappa shape index (κ2) is 3.13. The van der Waals surface area contributed by atoms with Crippen molar-refractivity contribution in [3.05, 3.63) is 40.2 Å². The average Bonchev–Trinajstić information content (AvgIpc) is 2.15. The van der Waals surface area contributed by atoms with Crippen molar-refractivity contribution in [3.8, 4) is 5.75 Å². The Hall–Kier alpha value is -2.30. The summed E-state index contributed by atoms with van der Waals surface area (Å²) < 4.78 is 4.77. The van der Waals surface area contributed by atoms with Gasteiger partial charge in [0.2, 0.25) is 0 Å². The van der Waals surface area contributed by atoms with Crippen LogP contribution < -0.4 is 5.63 Å². The van der Waals surface area contributed by atoms with Crippen molar-refractivity contribution in [1.29, 1.82) is 0 Å². The van der Waals surface area contributed by atoms with Gasteiger partial charge >= 0.3 is 11.6 Å². The minimum Gasteiger partial charge on any atom is -0.507 e. The summed E-state index contributed by atoms with van der Waals surface area (Å²) in [6.45, 7) is 0. The first-order valence-corrected chi connectivity index (χ1v) is 4.08. The fraction of sp³-hybridized carbons (Fsp3) is 0. The van der Waals surface area contributed by atoms with Gasteiger partial charge in [-0.05, 0) is 12.1 Å². The fourth-order valence-electron chi connectivity index (χ4n) is 1.28. The van der Waals surface area contributed by atoms with Crippen molar-refractivity contribution in [2.75, 3.05) is 0 Å². The van der Waals surface area contributed by atoms with Gasteiger partial charge in [-0.1, -0.05) is 0 Å². The molecule has 0 aliphatic heterocycles. The summed E-state index contributed by atoms with van der Waals surface area (Å²) in [6, 6.07) is 4.98. The van der Waals surface area contributed by atoms with Gasteiger partial charge in [0.15, 0.2) is 0 Å². The molecule has 0 radical (unpaired) electrons. The zero-order chi connectivity index (χ0) is 11.0. The van der Waals surface area contributed by atoms with Gasteiger partial charge in [-0.15, -0.1) is 0 Å². The summed E-state index contributed by atoms with van der Waals surface area (Å²) in [5.41, 5.74) is -0.619. The summed E-state index contributed by atoms with van der Waals surface area (Å²) in [6.07, 6.45) is 0. The van der Waals surface area contributed by atoms with Crippen molar-refractivity contribution in [2.24, 2.45) is 0 Å². The van der Waals surface area contributed by atoms with Crippen LogP contribution in [0.1, 0.15) is 10.4 Å². The molecule has 0 atom stereocenters. The molecule has 76 valence electrons. The molecule has 1 heterocycles. The van der Waals surface area contributed by atoms with Crippen molar-refractivity contribution in [2.45, 2.75) is 0 Å². The van der Waals surface area contributed by atoms with E-state index >= 15 is 0 Å². The minimum absolute atomic E-state index is 0.157. The van der Waals surface area contributed by atoms with E-state index in [4.69, 9.17) is 9.52 Å². The normalized spacial score (nSPS) is 10.4. The van der Waals surface area contributed by atoms with E-state index in [1.54, 1.807) is 0 Å². The molecule has 0 amide bonds. The van der Waals surface area contributed by atoms with Gasteiger partial charge in [-0.3, -0.25) is 0 Å². The highest BCUT2D eigenvalue weighted by atomic mass is 16.4. The quantitative estimate of drug-likeness (QED) is 0.684. The van der Waals surface area contributed by atoms with Crippen LogP contribution in [-0.2, 0) is 0 Å². The second-order valence-electron chi connectivity index (χ2n) is 2.97. The van der Waals surface area contributed by atoms with Crippen LogP contribution >= 0.6 is 0 Å². The molecule has 0 unspecified atom stereocenters. The minimum atomic E-state index is -1.24. The van der Waals surface area contributed by atoms with Gasteiger partial charge in [0.25, 0.3) is 0 Å². The molecule has 2 N–H and O–H groups in total. The molecule has 2 aromatic rings. The van der Waals surface area contributed by atoms with Crippen molar-refractivity contribution in [3.63, 3.8) is 0 Å². The summed E-state index contributed by atoms with van der Waals surface area (Å²) in [7, 11) is 0. The third-order valence-corrected chi connectivity index (χ3v) is 1.97. The Labute approximate surface area is 83.2 Å². The maximum Gasteiger partial charge on any atom is 0.339 e. The van der Waals surface area contributed by atoms with Crippen molar-refractivity contribution >= 4 is 16.9 Å². The van der Waals surface area contributed by atoms with E-state index in [9.17, 15) is 14.7 Å². The SMILES string of the molecule is O=C(O)c1cc2ccc(=O)oc2cc1O. The lowest BCUT2D eigenvalue weighted by atomic mass is 10.1. The molecule has 0 saturated carbocycles. The molecular formula is C10H6O5. The smallest absolute Gasteiger partial charge is 0.339 e. The van der Waals surface area contributed by atoms with E-state index in [-0.39, 0.29) is 11.1 Å². The Morgan fingerprint density at radius 1 is 1.27 bits per heavy atom. The number of carboxylic acid groups (broad SMARTS) is 1. The predicted molar refractivity (Wildman–Crippen MR) is 51.1 cm³/mol. The Morgan fingerprint density at radius 2 is 2.00 bits per heavy atom. The zero-order valence-corrected chi connectivity index (χ0v) is 7.43. The van der Waals surface area contributed by atoms with Gasteiger partial charge < -0.3 is 14.6 Å². The standard InChI is InChI=1S/C10H6O5/c11-7-4-8-5(1-2-9(12)15-8)3-6(7)10(13)14/h1-4,11H,(H,13,14). The monoisotopic (exact) mass is 206 g/mol. The van der Waals surface area contributed by atoms with E-state index in [0.717, 1.165) is 6.07 Å². The number of carboxylic acids is 1. The number of aromatic hydroxyl groups is 1. The van der Waals surface area contributed by atoms with Gasteiger partial charge in [0.1, 0.15) is 16.9 Å². The van der Waals surface area contributed by atoms with Crippen LogP contribution in [0.25, 0.3) is 11.0 Å². The average molecular weight is 206 g/mol. The third-order valence-electron chi connectivity index (χ3n) is 1.97. The van der Waals surface area contributed by atoms with Crippen LogP contribution in [0, 0.1) is 0 Å². The number of aromatic carboxylic acids is 1. The summed E-state index contributed by atoms with van der Waals surface area (Å²) >= 11 is 0. The zero-order valence-electron chi connectivity index (χ0n) is 7.43. The lowest BCUT2D eigenvalue weighted by Crippen LogP contribution is -1.99. The first kappa shape index (κ1) is 9.26. The Morgan fingerprint density at radius 3 is 2.67 bits per heavy atom. The highest BCUT2D eigenvalue weighted by Gasteiger charge is 2.11. The molecule has 2 rings (SSSR count). The fourth-order valence-corrected chi connectivity index (χ4v) is 1.28. The molecule has 0 spiro atoms. The predicted octanol–water partition coefficient (Wildman–Crippen LogP) is 1.20. The van der Waals surface area contributed by atoms with Gasteiger partial charge in [-0.25, -0.2) is 9.59 Å². The van der Waals surface area contributed by atoms with Crippen molar-refractivity contribution < 1.29 is 19.4 Å². The van der Waals surface area contributed by atoms with Crippen molar-refractivity contribution in [1.82, 2.24) is 0 Å². The Kier molecular flexibility index (Phi) is 1.93. The van der Waals surface area contributed by atoms with Gasteiger partial charge in [-0.2, -0.15) is 0 Å². The highest BCUT2D eigenvalue weighted by Crippen LogP contribution is 2.23. The number of hydrogen-bond acceptors (Lipinski definition) is 4. The van der Waals surface area contributed by atoms with E-state index in [1.807, 2.05) is 0 Å². The molecule has 5 heteroatoms. The summed E-state index contributed by atoms with van der Waals surface area (Å²) in [5.74, 6) is -1.66. The first-order chi connectivity index (χ1) is 7.08. The van der Waals surface area contributed by atoms with E-state index in [2.05, 4.69) is 0 Å². The van der Waals surface area contributed by atoms with Gasteiger partial charge in [0, 0.05) is 17.5 Å². The number of fused-ring (bicyclic) bond motifs is 1. The number of carbonyl (C=O) groups is 1. The van der Waals surface area contributed by atoms with Crippen LogP contribution in [0.4, 0.5) is 0 Å². The molecule has 0 bridgehead atoms. The van der Waals surface area contributed by atoms with E-state index < -0.39 is 17.3 Å². The lowest BCUT2D eigenvalue weighted by molar-refractivity contribution is 0.0694. The summed E-state index contributed by atoms with van der Waals surface area (Å²) in [5, 5.41) is 18.5. The molecule has 0 fully saturated rings. The van der Waals surface area contributed by atoms with Crippen LogP contribution in [-0.4, -0.2) is 16.2 Å². The van der Waals surface area contributed by atoms with Crippen LogP contribution in [0.5, 0.6) is 5.75 Å². The second-order valence-corrected chi connectivity index (χ2v) is 2.97. The van der Waals surface area contributed by atoms with Crippen LogP contribution in [0.3, 0.4) is 0 Å². The first-order valence-electron chi connectivity index (χ1n) is 4.08. The maximum atomic E-state index is 10.8. The van der Waals surface area contributed by atoms with Crippen LogP contribution in [0.15, 0.2) is 33.5 Å². The molecule has 5 nitrogen and oxygen atoms in total. The summed E-state index contributed by atoms with van der Waals surface area (Å²) in [4.78, 5) is 21.5. The number of hydrogen-bond donors (Lipinski definition) is 2. The largest absolute Gasteiger partial charge is 0.507 e. The molecule has 0 aliphatic rings. The van der Waals surface area contributed by atoms with Gasteiger partial charge in [0.05, 0.1) is 0 Å². The molecule has 1 aromatic heterocycles. The van der Waals surface area contributed by atoms with E-state index in [0.29, 0.717) is 5.39 Å². The molecule has 1 aromatic carbocycles. The topological polar surface area (TPSA) is 87.7 Å². The maximum absolute atomic E-state index is 10.8. The third kappa shape index (κ3) is 1.54. The molecule has 15 heavy (non-hydrogen) atoms.